The fraction of sp³-hybridized carbons (Fsp3) is 0.133. The number of carbonyl (C=O) groups excluding carboxylic acids is 1. The average molecular weight is 271 g/mol. The van der Waals surface area contributed by atoms with Crippen molar-refractivity contribution in [3.05, 3.63) is 81.4 Å². The van der Waals surface area contributed by atoms with Gasteiger partial charge in [-0.05, 0) is 5.56 Å². The van der Waals surface area contributed by atoms with E-state index in [2.05, 4.69) is 0 Å². The van der Waals surface area contributed by atoms with E-state index in [9.17, 15) is 20.0 Å². The highest BCUT2D eigenvalue weighted by Gasteiger charge is 2.22. The first-order valence-electron chi connectivity index (χ1n) is 6.06. The summed E-state index contributed by atoms with van der Waals surface area (Å²) in [6.45, 7) is -0.441. The van der Waals surface area contributed by atoms with Gasteiger partial charge >= 0.3 is 0 Å². The number of nitro groups is 1. The van der Waals surface area contributed by atoms with Crippen LogP contribution in [0, 0.1) is 10.1 Å². The molecule has 0 saturated carbocycles. The minimum Gasteiger partial charge on any atom is -0.380 e. The Morgan fingerprint density at radius 1 is 1.10 bits per heavy atom. The molecule has 2 rings (SSSR count). The molecular formula is C15H13NO4. The molecule has 0 fully saturated rings. The Morgan fingerprint density at radius 3 is 2.35 bits per heavy atom. The molecule has 0 bridgehead atoms. The summed E-state index contributed by atoms with van der Waals surface area (Å²) in [5.41, 5.74) is 0.950. The van der Waals surface area contributed by atoms with E-state index in [0.29, 0.717) is 11.1 Å². The lowest BCUT2D eigenvalue weighted by Crippen LogP contribution is -2.15. The van der Waals surface area contributed by atoms with Crippen molar-refractivity contribution in [1.29, 1.82) is 0 Å². The van der Waals surface area contributed by atoms with Crippen LogP contribution in [0.1, 0.15) is 27.6 Å². The molecule has 102 valence electrons. The van der Waals surface area contributed by atoms with Crippen LogP contribution in [0.4, 0.5) is 0 Å². The van der Waals surface area contributed by atoms with E-state index < -0.39 is 23.4 Å². The molecule has 0 aliphatic heterocycles. The number of benzene rings is 2. The first-order valence-corrected chi connectivity index (χ1v) is 6.06. The van der Waals surface area contributed by atoms with Crippen LogP contribution in [-0.4, -0.2) is 15.8 Å². The Hall–Kier alpha value is -2.53. The molecule has 0 radical (unpaired) electrons. The van der Waals surface area contributed by atoms with Gasteiger partial charge in [0.15, 0.2) is 5.78 Å². The average Bonchev–Trinajstić information content (AvgIpc) is 2.46. The summed E-state index contributed by atoms with van der Waals surface area (Å²) in [7, 11) is 0. The zero-order chi connectivity index (χ0) is 14.5. The molecule has 1 unspecified atom stereocenters. The summed E-state index contributed by atoms with van der Waals surface area (Å²) in [6, 6.07) is 14.8. The number of aliphatic hydroxyl groups excluding tert-OH is 1. The van der Waals surface area contributed by atoms with Gasteiger partial charge in [0, 0.05) is 16.1 Å². The molecule has 2 aromatic carbocycles. The Kier molecular flexibility index (Phi) is 4.22. The van der Waals surface area contributed by atoms with Crippen LogP contribution >= 0.6 is 0 Å². The standard InChI is InChI=1S/C15H13NO4/c17-14(11-6-2-1-3-7-11)15(18)13-9-5-4-8-12(13)10-16(19)20/h1-9,14,17H,10H2. The van der Waals surface area contributed by atoms with E-state index in [0.717, 1.165) is 0 Å². The highest BCUT2D eigenvalue weighted by Crippen LogP contribution is 2.21. The third kappa shape index (κ3) is 3.07. The topological polar surface area (TPSA) is 80.4 Å². The quantitative estimate of drug-likeness (QED) is 0.514. The third-order valence-electron chi connectivity index (χ3n) is 2.95. The molecule has 5 heteroatoms. The van der Waals surface area contributed by atoms with Crippen molar-refractivity contribution >= 4 is 5.78 Å². The molecule has 1 atom stereocenters. The van der Waals surface area contributed by atoms with Gasteiger partial charge in [-0.1, -0.05) is 54.6 Å². The summed E-state index contributed by atoms with van der Waals surface area (Å²) in [6.07, 6.45) is -1.32. The Bertz CT molecular complexity index is 625. The molecule has 0 aliphatic rings. The number of nitrogens with zero attached hydrogens (tertiary/aromatic N) is 1. The lowest BCUT2D eigenvalue weighted by molar-refractivity contribution is -0.496. The summed E-state index contributed by atoms with van der Waals surface area (Å²) in [4.78, 5) is 22.4. The predicted octanol–water partition coefficient (Wildman–Crippen LogP) is 2.38. The first-order chi connectivity index (χ1) is 9.59. The Labute approximate surface area is 115 Å². The smallest absolute Gasteiger partial charge is 0.229 e. The van der Waals surface area contributed by atoms with Gasteiger partial charge < -0.3 is 5.11 Å². The molecule has 0 aromatic heterocycles. The van der Waals surface area contributed by atoms with Gasteiger partial charge in [-0.25, -0.2) is 0 Å². The molecule has 5 nitrogen and oxygen atoms in total. The van der Waals surface area contributed by atoms with Crippen molar-refractivity contribution in [3.63, 3.8) is 0 Å². The SMILES string of the molecule is O=C(c1ccccc1C[N+](=O)[O-])C(O)c1ccccc1. The van der Waals surface area contributed by atoms with E-state index in [4.69, 9.17) is 0 Å². The number of carbonyl (C=O) groups is 1. The van der Waals surface area contributed by atoms with Crippen LogP contribution in [0.2, 0.25) is 0 Å². The molecule has 0 amide bonds. The van der Waals surface area contributed by atoms with Crippen LogP contribution in [0.3, 0.4) is 0 Å². The highest BCUT2D eigenvalue weighted by atomic mass is 16.6. The summed E-state index contributed by atoms with van der Waals surface area (Å²) < 4.78 is 0. The van der Waals surface area contributed by atoms with Gasteiger partial charge in [-0.15, -0.1) is 0 Å². The van der Waals surface area contributed by atoms with Crippen molar-refractivity contribution in [2.24, 2.45) is 0 Å². The maximum Gasteiger partial charge on any atom is 0.229 e. The maximum atomic E-state index is 12.3. The third-order valence-corrected chi connectivity index (χ3v) is 2.95. The number of Topliss-reactive ketones (excluding diaryl/α,β-unsaturated/α-hetero) is 1. The first kappa shape index (κ1) is 13.9. The molecule has 0 saturated heterocycles. The van der Waals surface area contributed by atoms with Crippen LogP contribution in [0.25, 0.3) is 0 Å². The van der Waals surface area contributed by atoms with Crippen LogP contribution in [0.5, 0.6) is 0 Å². The fourth-order valence-electron chi connectivity index (χ4n) is 1.97. The Morgan fingerprint density at radius 2 is 1.70 bits per heavy atom. The molecule has 0 aliphatic carbocycles. The van der Waals surface area contributed by atoms with Gasteiger partial charge in [0.05, 0.1) is 0 Å². The predicted molar refractivity (Wildman–Crippen MR) is 72.9 cm³/mol. The van der Waals surface area contributed by atoms with E-state index in [1.54, 1.807) is 42.5 Å². The molecule has 20 heavy (non-hydrogen) atoms. The molecule has 0 heterocycles. The van der Waals surface area contributed by atoms with E-state index >= 15 is 0 Å². The second-order valence-corrected chi connectivity index (χ2v) is 4.33. The number of hydrogen-bond donors (Lipinski definition) is 1. The van der Waals surface area contributed by atoms with Crippen molar-refractivity contribution in [1.82, 2.24) is 0 Å². The van der Waals surface area contributed by atoms with Gasteiger partial charge in [-0.2, -0.15) is 0 Å². The van der Waals surface area contributed by atoms with Crippen LogP contribution < -0.4 is 0 Å². The summed E-state index contributed by atoms with van der Waals surface area (Å²) in [5, 5.41) is 20.7. The molecule has 0 spiro atoms. The van der Waals surface area contributed by atoms with Gasteiger partial charge in [0.2, 0.25) is 6.54 Å². The van der Waals surface area contributed by atoms with Gasteiger partial charge in [-0.3, -0.25) is 14.9 Å². The number of ketones is 1. The van der Waals surface area contributed by atoms with Crippen molar-refractivity contribution in [2.75, 3.05) is 0 Å². The maximum absolute atomic E-state index is 12.3. The summed E-state index contributed by atoms with van der Waals surface area (Å²) in [5.74, 6) is -0.534. The largest absolute Gasteiger partial charge is 0.380 e. The molecule has 1 N–H and O–H groups in total. The van der Waals surface area contributed by atoms with Crippen molar-refractivity contribution in [3.8, 4) is 0 Å². The number of rotatable bonds is 5. The lowest BCUT2D eigenvalue weighted by atomic mass is 9.96. The zero-order valence-corrected chi connectivity index (χ0v) is 10.6. The normalized spacial score (nSPS) is 11.8. The van der Waals surface area contributed by atoms with Gasteiger partial charge in [0.25, 0.3) is 0 Å². The van der Waals surface area contributed by atoms with E-state index in [1.807, 2.05) is 0 Å². The lowest BCUT2D eigenvalue weighted by Gasteiger charge is -2.11. The minimum atomic E-state index is -1.32. The van der Waals surface area contributed by atoms with E-state index in [1.165, 1.54) is 12.1 Å². The second kappa shape index (κ2) is 6.08. The van der Waals surface area contributed by atoms with Crippen molar-refractivity contribution in [2.45, 2.75) is 12.6 Å². The van der Waals surface area contributed by atoms with Gasteiger partial charge in [0.1, 0.15) is 6.10 Å². The monoisotopic (exact) mass is 271 g/mol. The number of hydrogen-bond acceptors (Lipinski definition) is 4. The highest BCUT2D eigenvalue weighted by molar-refractivity contribution is 6.01. The zero-order valence-electron chi connectivity index (χ0n) is 10.6. The van der Waals surface area contributed by atoms with Crippen molar-refractivity contribution < 1.29 is 14.8 Å². The summed E-state index contributed by atoms with van der Waals surface area (Å²) >= 11 is 0. The second-order valence-electron chi connectivity index (χ2n) is 4.33. The molecule has 2 aromatic rings. The van der Waals surface area contributed by atoms with Crippen LogP contribution in [-0.2, 0) is 6.54 Å². The minimum absolute atomic E-state index is 0.181. The van der Waals surface area contributed by atoms with Crippen LogP contribution in [0.15, 0.2) is 54.6 Å². The molecular weight excluding hydrogens is 258 g/mol. The fourth-order valence-corrected chi connectivity index (χ4v) is 1.97. The number of aliphatic hydroxyl groups is 1. The van der Waals surface area contributed by atoms with E-state index in [-0.39, 0.29) is 5.56 Å². The Balaban J connectivity index is 2.32.